The summed E-state index contributed by atoms with van der Waals surface area (Å²) in [6, 6.07) is 17.6. The number of rotatable bonds is 5. The number of phenols is 1. The maximum atomic E-state index is 12.5. The van der Waals surface area contributed by atoms with Crippen LogP contribution in [0.3, 0.4) is 0 Å². The Morgan fingerprint density at radius 1 is 1.14 bits per heavy atom. The number of aromatic nitrogens is 1. The van der Waals surface area contributed by atoms with Gasteiger partial charge in [0.2, 0.25) is 0 Å². The zero-order valence-electron chi connectivity index (χ0n) is 16.4. The van der Waals surface area contributed by atoms with Gasteiger partial charge in [-0.1, -0.05) is 0 Å². The predicted octanol–water partition coefficient (Wildman–Crippen LogP) is 4.35. The molecule has 0 unspecified atom stereocenters. The number of amides is 1. The molecule has 0 aliphatic carbocycles. The number of methoxy groups -OCH3 is 1. The number of ether oxygens (including phenoxy) is 1. The fraction of sp³-hybridized carbons (Fsp3) is 0.130. The van der Waals surface area contributed by atoms with Crippen molar-refractivity contribution in [3.8, 4) is 23.3 Å². The lowest BCUT2D eigenvalue weighted by Gasteiger charge is -2.10. The maximum Gasteiger partial charge on any atom is 0.266 e. The van der Waals surface area contributed by atoms with Gasteiger partial charge in [0.25, 0.3) is 5.91 Å². The van der Waals surface area contributed by atoms with E-state index in [-0.39, 0.29) is 11.3 Å². The molecule has 0 bridgehead atoms. The summed E-state index contributed by atoms with van der Waals surface area (Å²) in [4.78, 5) is 12.5. The summed E-state index contributed by atoms with van der Waals surface area (Å²) >= 11 is 0. The minimum absolute atomic E-state index is 0.00643. The van der Waals surface area contributed by atoms with Gasteiger partial charge in [0.1, 0.15) is 23.1 Å². The smallest absolute Gasteiger partial charge is 0.266 e. The number of carbonyl (C=O) groups excluding carboxylic acids is 1. The van der Waals surface area contributed by atoms with E-state index in [0.29, 0.717) is 5.69 Å². The quantitative estimate of drug-likeness (QED) is 0.387. The van der Waals surface area contributed by atoms with Gasteiger partial charge in [0.05, 0.1) is 7.11 Å². The lowest BCUT2D eigenvalue weighted by molar-refractivity contribution is -0.112. The van der Waals surface area contributed by atoms with Gasteiger partial charge in [-0.2, -0.15) is 5.26 Å². The zero-order valence-corrected chi connectivity index (χ0v) is 16.4. The van der Waals surface area contributed by atoms with E-state index in [9.17, 15) is 15.2 Å². The van der Waals surface area contributed by atoms with Gasteiger partial charge in [-0.05, 0) is 80.1 Å². The van der Waals surface area contributed by atoms with Crippen molar-refractivity contribution in [2.24, 2.45) is 0 Å². The van der Waals surface area contributed by atoms with Gasteiger partial charge in [-0.15, -0.1) is 0 Å². The Kier molecular flexibility index (Phi) is 5.70. The molecule has 0 saturated carbocycles. The van der Waals surface area contributed by atoms with E-state index < -0.39 is 5.91 Å². The van der Waals surface area contributed by atoms with Gasteiger partial charge in [0.15, 0.2) is 0 Å². The van der Waals surface area contributed by atoms with Crippen LogP contribution in [0.25, 0.3) is 11.8 Å². The lowest BCUT2D eigenvalue weighted by Crippen LogP contribution is -2.13. The van der Waals surface area contributed by atoms with E-state index in [1.807, 2.05) is 50.2 Å². The SMILES string of the molecule is COc1ccc(-n2c(C)cc(/C=C(/C#N)C(=O)Nc3ccc(O)cc3)c2C)cc1. The first kappa shape index (κ1) is 19.8. The van der Waals surface area contributed by atoms with Crippen molar-refractivity contribution in [1.82, 2.24) is 4.57 Å². The lowest BCUT2D eigenvalue weighted by atomic mass is 10.1. The van der Waals surface area contributed by atoms with Crippen LogP contribution >= 0.6 is 0 Å². The van der Waals surface area contributed by atoms with Gasteiger partial charge in [0, 0.05) is 22.8 Å². The largest absolute Gasteiger partial charge is 0.508 e. The monoisotopic (exact) mass is 387 g/mol. The number of aryl methyl sites for hydroxylation is 1. The van der Waals surface area contributed by atoms with Crippen LogP contribution < -0.4 is 10.1 Å². The Hall–Kier alpha value is -3.98. The molecule has 0 atom stereocenters. The molecule has 6 nitrogen and oxygen atoms in total. The molecule has 0 radical (unpaired) electrons. The third-order valence-corrected chi connectivity index (χ3v) is 4.59. The van der Waals surface area contributed by atoms with Crippen molar-refractivity contribution in [2.45, 2.75) is 13.8 Å². The van der Waals surface area contributed by atoms with Crippen LogP contribution in [0.1, 0.15) is 17.0 Å². The van der Waals surface area contributed by atoms with Gasteiger partial charge < -0.3 is 19.7 Å². The van der Waals surface area contributed by atoms with Crippen LogP contribution in [0.2, 0.25) is 0 Å². The second-order valence-electron chi connectivity index (χ2n) is 6.53. The first-order valence-electron chi connectivity index (χ1n) is 8.98. The number of nitriles is 1. The first-order chi connectivity index (χ1) is 13.9. The van der Waals surface area contributed by atoms with Gasteiger partial charge in [-0.3, -0.25) is 4.79 Å². The highest BCUT2D eigenvalue weighted by atomic mass is 16.5. The summed E-state index contributed by atoms with van der Waals surface area (Å²) < 4.78 is 7.26. The van der Waals surface area contributed by atoms with Gasteiger partial charge in [-0.25, -0.2) is 0 Å². The number of anilines is 1. The Balaban J connectivity index is 1.90. The molecule has 3 aromatic rings. The molecular formula is C23H21N3O3. The van der Waals surface area contributed by atoms with Gasteiger partial charge >= 0.3 is 0 Å². The molecule has 6 heteroatoms. The minimum atomic E-state index is -0.507. The Morgan fingerprint density at radius 2 is 1.79 bits per heavy atom. The van der Waals surface area contributed by atoms with Crippen molar-refractivity contribution in [2.75, 3.05) is 12.4 Å². The Morgan fingerprint density at radius 3 is 2.38 bits per heavy atom. The van der Waals surface area contributed by atoms with Crippen LogP contribution in [0.4, 0.5) is 5.69 Å². The first-order valence-corrected chi connectivity index (χ1v) is 8.98. The van der Waals surface area contributed by atoms with Crippen molar-refractivity contribution in [3.05, 3.63) is 77.1 Å². The van der Waals surface area contributed by atoms with Crippen molar-refractivity contribution < 1.29 is 14.6 Å². The van der Waals surface area contributed by atoms with Crippen LogP contribution in [0.15, 0.2) is 60.2 Å². The molecule has 0 spiro atoms. The predicted molar refractivity (Wildman–Crippen MR) is 112 cm³/mol. The van der Waals surface area contributed by atoms with E-state index in [2.05, 4.69) is 9.88 Å². The highest BCUT2D eigenvalue weighted by Crippen LogP contribution is 2.24. The molecule has 0 aliphatic heterocycles. The number of nitrogens with one attached hydrogen (secondary N) is 1. The number of nitrogens with zero attached hydrogens (tertiary/aromatic N) is 2. The summed E-state index contributed by atoms with van der Waals surface area (Å²) in [5.41, 5.74) is 4.14. The summed E-state index contributed by atoms with van der Waals surface area (Å²) in [5, 5.41) is 21.5. The highest BCUT2D eigenvalue weighted by molar-refractivity contribution is 6.09. The number of phenolic OH excluding ortho intramolecular Hbond substituents is 1. The molecule has 2 N–H and O–H groups in total. The van der Waals surface area contributed by atoms with E-state index in [1.165, 1.54) is 12.1 Å². The van der Waals surface area contributed by atoms with Crippen LogP contribution in [0, 0.1) is 25.2 Å². The molecule has 0 fully saturated rings. The number of hydrogen-bond acceptors (Lipinski definition) is 4. The summed E-state index contributed by atoms with van der Waals surface area (Å²) in [5.74, 6) is 0.367. The standard InChI is InChI=1S/C23H21N3O3/c1-15-12-17(16(2)26(15)20-6-10-22(29-3)11-7-20)13-18(14-24)23(28)25-19-4-8-21(27)9-5-19/h4-13,27H,1-3H3,(H,25,28)/b18-13-. The highest BCUT2D eigenvalue weighted by Gasteiger charge is 2.14. The summed E-state index contributed by atoms with van der Waals surface area (Å²) in [6.45, 7) is 3.91. The molecule has 146 valence electrons. The average molecular weight is 387 g/mol. The fourth-order valence-corrected chi connectivity index (χ4v) is 3.11. The van der Waals surface area contributed by atoms with Crippen LogP contribution in [-0.4, -0.2) is 22.7 Å². The van der Waals surface area contributed by atoms with E-state index in [0.717, 1.165) is 28.4 Å². The van der Waals surface area contributed by atoms with E-state index in [1.54, 1.807) is 25.3 Å². The second kappa shape index (κ2) is 8.36. The number of carbonyl (C=O) groups is 1. The molecule has 1 heterocycles. The molecule has 29 heavy (non-hydrogen) atoms. The Bertz CT molecular complexity index is 1100. The molecule has 0 saturated heterocycles. The van der Waals surface area contributed by atoms with Crippen LogP contribution in [-0.2, 0) is 4.79 Å². The maximum absolute atomic E-state index is 12.5. The van der Waals surface area contributed by atoms with E-state index in [4.69, 9.17) is 4.74 Å². The molecule has 3 rings (SSSR count). The number of benzene rings is 2. The normalized spacial score (nSPS) is 11.0. The van der Waals surface area contributed by atoms with E-state index >= 15 is 0 Å². The Labute approximate surface area is 169 Å². The minimum Gasteiger partial charge on any atom is -0.508 e. The average Bonchev–Trinajstić information content (AvgIpc) is 3.00. The van der Waals surface area contributed by atoms with Crippen molar-refractivity contribution in [1.29, 1.82) is 5.26 Å². The third-order valence-electron chi connectivity index (χ3n) is 4.59. The topological polar surface area (TPSA) is 87.3 Å². The second-order valence-corrected chi connectivity index (χ2v) is 6.53. The molecule has 2 aromatic carbocycles. The number of hydrogen-bond donors (Lipinski definition) is 2. The zero-order chi connectivity index (χ0) is 21.0. The fourth-order valence-electron chi connectivity index (χ4n) is 3.11. The summed E-state index contributed by atoms with van der Waals surface area (Å²) in [6.07, 6.45) is 1.58. The van der Waals surface area contributed by atoms with Crippen molar-refractivity contribution in [3.63, 3.8) is 0 Å². The molecular weight excluding hydrogens is 366 g/mol. The summed E-state index contributed by atoms with van der Waals surface area (Å²) in [7, 11) is 1.62. The molecule has 1 aromatic heterocycles. The third kappa shape index (κ3) is 4.30. The molecule has 0 aliphatic rings. The van der Waals surface area contributed by atoms with Crippen molar-refractivity contribution >= 4 is 17.7 Å². The number of aromatic hydroxyl groups is 1. The molecule has 1 amide bonds. The van der Waals surface area contributed by atoms with Crippen LogP contribution in [0.5, 0.6) is 11.5 Å².